The largest absolute Gasteiger partial charge is 0.360 e. The van der Waals surface area contributed by atoms with Crippen molar-refractivity contribution in [3.63, 3.8) is 0 Å². The maximum atomic E-state index is 12.5. The first-order valence-corrected chi connectivity index (χ1v) is 8.20. The molecule has 1 aliphatic rings. The zero-order valence-corrected chi connectivity index (χ0v) is 13.7. The Kier molecular flexibility index (Phi) is 4.38. The van der Waals surface area contributed by atoms with E-state index in [2.05, 4.69) is 10.5 Å². The molecule has 1 N–H and O–H groups in total. The number of carbonyl (C=O) groups excluding carboxylic acids is 2. The maximum Gasteiger partial charge on any atom is 0.245 e. The van der Waals surface area contributed by atoms with Crippen LogP contribution in [0.2, 0.25) is 0 Å². The van der Waals surface area contributed by atoms with Crippen LogP contribution in [0.3, 0.4) is 0 Å². The number of aryl methyl sites for hydroxylation is 1. The summed E-state index contributed by atoms with van der Waals surface area (Å²) in [5.41, 5.74) is 0.776. The third-order valence-corrected chi connectivity index (χ3v) is 4.61. The molecule has 1 aromatic heterocycles. The molecule has 0 bridgehead atoms. The van der Waals surface area contributed by atoms with E-state index in [0.717, 1.165) is 10.6 Å². The molecule has 120 valence electrons. The lowest BCUT2D eigenvalue weighted by Gasteiger charge is -2.21. The lowest BCUT2D eigenvalue weighted by Crippen LogP contribution is -2.38. The lowest BCUT2D eigenvalue weighted by molar-refractivity contribution is -0.121. The fraction of sp³-hybridized carbons (Fsp3) is 0.312. The molecule has 2 amide bonds. The van der Waals surface area contributed by atoms with Gasteiger partial charge in [-0.3, -0.25) is 9.59 Å². The van der Waals surface area contributed by atoms with Gasteiger partial charge < -0.3 is 14.7 Å². The van der Waals surface area contributed by atoms with Crippen LogP contribution in [0.4, 0.5) is 11.5 Å². The van der Waals surface area contributed by atoms with E-state index in [4.69, 9.17) is 4.52 Å². The van der Waals surface area contributed by atoms with Crippen molar-refractivity contribution in [1.82, 2.24) is 5.16 Å². The average molecular weight is 331 g/mol. The summed E-state index contributed by atoms with van der Waals surface area (Å²) in [5.74, 6) is 0.606. The van der Waals surface area contributed by atoms with E-state index in [1.165, 1.54) is 4.90 Å². The van der Waals surface area contributed by atoms with Gasteiger partial charge >= 0.3 is 0 Å². The van der Waals surface area contributed by atoms with Crippen molar-refractivity contribution in [3.05, 3.63) is 36.1 Å². The Morgan fingerprint density at radius 3 is 3.00 bits per heavy atom. The fourth-order valence-electron chi connectivity index (χ4n) is 2.45. The molecule has 2 aromatic rings. The number of nitrogens with zero attached hydrogens (tertiary/aromatic N) is 2. The van der Waals surface area contributed by atoms with Crippen LogP contribution in [0.15, 0.2) is 39.8 Å². The quantitative estimate of drug-likeness (QED) is 0.936. The topological polar surface area (TPSA) is 75.4 Å². The number of hydrogen-bond donors (Lipinski definition) is 1. The van der Waals surface area contributed by atoms with Gasteiger partial charge in [0.2, 0.25) is 11.8 Å². The molecule has 0 spiro atoms. The van der Waals surface area contributed by atoms with Crippen LogP contribution in [-0.2, 0) is 9.59 Å². The molecule has 2 heterocycles. The molecule has 1 aromatic carbocycles. The Hall–Kier alpha value is -2.28. The minimum absolute atomic E-state index is 0.0466. The highest BCUT2D eigenvalue weighted by Gasteiger charge is 2.27. The molecule has 23 heavy (non-hydrogen) atoms. The molecular formula is C16H17N3O3S. The molecule has 7 heteroatoms. The van der Waals surface area contributed by atoms with Crippen LogP contribution in [0.5, 0.6) is 0 Å². The molecule has 6 nitrogen and oxygen atoms in total. The number of aromatic nitrogens is 1. The van der Waals surface area contributed by atoms with E-state index < -0.39 is 0 Å². The van der Waals surface area contributed by atoms with Crippen LogP contribution < -0.4 is 10.2 Å². The number of fused-ring (bicyclic) bond motifs is 1. The van der Waals surface area contributed by atoms with E-state index in [9.17, 15) is 9.59 Å². The van der Waals surface area contributed by atoms with Gasteiger partial charge in [-0.05, 0) is 19.1 Å². The number of anilines is 2. The molecule has 1 atom stereocenters. The first-order valence-electron chi connectivity index (χ1n) is 7.32. The third kappa shape index (κ3) is 3.56. The molecule has 1 aliphatic heterocycles. The molecule has 0 saturated heterocycles. The summed E-state index contributed by atoms with van der Waals surface area (Å²) in [5, 5.41) is 6.55. The van der Waals surface area contributed by atoms with Gasteiger partial charge in [-0.1, -0.05) is 24.2 Å². The summed E-state index contributed by atoms with van der Waals surface area (Å²) >= 11 is 1.65. The first kappa shape index (κ1) is 15.6. The van der Waals surface area contributed by atoms with Crippen molar-refractivity contribution < 1.29 is 14.1 Å². The van der Waals surface area contributed by atoms with Crippen LogP contribution in [0.1, 0.15) is 19.1 Å². The summed E-state index contributed by atoms with van der Waals surface area (Å²) in [6, 6.07) is 9.28. The maximum absolute atomic E-state index is 12.5. The number of amides is 2. The number of hydrogen-bond acceptors (Lipinski definition) is 5. The van der Waals surface area contributed by atoms with Crippen molar-refractivity contribution in [2.24, 2.45) is 0 Å². The Labute approximate surface area is 138 Å². The second kappa shape index (κ2) is 6.45. The summed E-state index contributed by atoms with van der Waals surface area (Å²) in [6.45, 7) is 3.71. The van der Waals surface area contributed by atoms with Gasteiger partial charge in [0.05, 0.1) is 5.69 Å². The van der Waals surface area contributed by atoms with Gasteiger partial charge in [-0.25, -0.2) is 0 Å². The van der Waals surface area contributed by atoms with Crippen LogP contribution in [-0.4, -0.2) is 28.8 Å². The predicted molar refractivity (Wildman–Crippen MR) is 88.6 cm³/mol. The van der Waals surface area contributed by atoms with E-state index in [1.54, 1.807) is 24.8 Å². The van der Waals surface area contributed by atoms with Crippen molar-refractivity contribution in [2.45, 2.75) is 30.4 Å². The highest BCUT2D eigenvalue weighted by atomic mass is 32.2. The zero-order valence-electron chi connectivity index (χ0n) is 12.9. The summed E-state index contributed by atoms with van der Waals surface area (Å²) in [7, 11) is 0. The first-order chi connectivity index (χ1) is 11.0. The van der Waals surface area contributed by atoms with Crippen molar-refractivity contribution in [3.8, 4) is 0 Å². The van der Waals surface area contributed by atoms with Crippen LogP contribution >= 0.6 is 11.8 Å². The standard InChI is InChI=1S/C16H17N3O3S/c1-10-7-14(18-22-10)17-15(20)9-19-12-5-3-4-6-13(12)23-11(2)8-16(19)21/h3-7,11H,8-9H2,1-2H3,(H,17,18,20)/t11-/m0/s1. The minimum atomic E-state index is -0.305. The molecule has 0 unspecified atom stereocenters. The van der Waals surface area contributed by atoms with Crippen molar-refractivity contribution >= 4 is 35.1 Å². The molecular weight excluding hydrogens is 314 g/mol. The lowest BCUT2D eigenvalue weighted by atomic mass is 10.2. The summed E-state index contributed by atoms with van der Waals surface area (Å²) in [6.07, 6.45) is 0.399. The number of benzene rings is 1. The Morgan fingerprint density at radius 2 is 2.26 bits per heavy atom. The van der Waals surface area contributed by atoms with E-state index in [0.29, 0.717) is 18.0 Å². The van der Waals surface area contributed by atoms with E-state index in [1.807, 2.05) is 31.2 Å². The van der Waals surface area contributed by atoms with Gasteiger partial charge in [0.15, 0.2) is 5.82 Å². The van der Waals surface area contributed by atoms with Crippen LogP contribution in [0, 0.1) is 6.92 Å². The number of carbonyl (C=O) groups is 2. The number of nitrogens with one attached hydrogen (secondary N) is 1. The van der Waals surface area contributed by atoms with Crippen molar-refractivity contribution in [2.75, 3.05) is 16.8 Å². The second-order valence-electron chi connectivity index (χ2n) is 5.45. The summed E-state index contributed by atoms with van der Waals surface area (Å²) in [4.78, 5) is 27.3. The van der Waals surface area contributed by atoms with Gasteiger partial charge in [0.1, 0.15) is 12.3 Å². The van der Waals surface area contributed by atoms with Gasteiger partial charge in [0.25, 0.3) is 0 Å². The van der Waals surface area contributed by atoms with Crippen molar-refractivity contribution in [1.29, 1.82) is 0 Å². The highest BCUT2D eigenvalue weighted by Crippen LogP contribution is 2.37. The molecule has 0 radical (unpaired) electrons. The van der Waals surface area contributed by atoms with Gasteiger partial charge in [0, 0.05) is 22.6 Å². The molecule has 0 saturated carbocycles. The average Bonchev–Trinajstić information content (AvgIpc) is 2.85. The minimum Gasteiger partial charge on any atom is -0.360 e. The molecule has 0 aliphatic carbocycles. The number of thioether (sulfide) groups is 1. The van der Waals surface area contributed by atoms with E-state index in [-0.39, 0.29) is 23.6 Å². The van der Waals surface area contributed by atoms with Gasteiger partial charge in [-0.15, -0.1) is 11.8 Å². The number of rotatable bonds is 3. The fourth-order valence-corrected chi connectivity index (χ4v) is 3.57. The Morgan fingerprint density at radius 1 is 1.48 bits per heavy atom. The highest BCUT2D eigenvalue weighted by molar-refractivity contribution is 8.00. The Bertz CT molecular complexity index is 744. The predicted octanol–water partition coefficient (Wildman–Crippen LogP) is 2.84. The smallest absolute Gasteiger partial charge is 0.245 e. The Balaban J connectivity index is 1.80. The molecule has 3 rings (SSSR count). The van der Waals surface area contributed by atoms with E-state index >= 15 is 0 Å². The monoisotopic (exact) mass is 331 g/mol. The van der Waals surface area contributed by atoms with Gasteiger partial charge in [-0.2, -0.15) is 0 Å². The second-order valence-corrected chi connectivity index (χ2v) is 6.93. The zero-order chi connectivity index (χ0) is 16.4. The normalized spacial score (nSPS) is 17.6. The number of para-hydroxylation sites is 1. The summed E-state index contributed by atoms with van der Waals surface area (Å²) < 4.78 is 4.92. The van der Waals surface area contributed by atoms with Crippen LogP contribution in [0.25, 0.3) is 0 Å². The molecule has 0 fully saturated rings. The SMILES string of the molecule is Cc1cc(NC(=O)CN2C(=O)C[C@H](C)Sc3ccccc32)no1. The third-order valence-electron chi connectivity index (χ3n) is 3.44.